The highest BCUT2D eigenvalue weighted by Crippen LogP contribution is 2.52. The molecule has 0 unspecified atom stereocenters. The van der Waals surface area contributed by atoms with Crippen LogP contribution in [0.25, 0.3) is 22.4 Å². The minimum atomic E-state index is -0.184. The van der Waals surface area contributed by atoms with Crippen molar-refractivity contribution < 1.29 is 0 Å². The van der Waals surface area contributed by atoms with Gasteiger partial charge in [0.15, 0.2) is 0 Å². The minimum absolute atomic E-state index is 0.184. The van der Waals surface area contributed by atoms with Gasteiger partial charge in [-0.1, -0.05) is 136 Å². The van der Waals surface area contributed by atoms with E-state index in [9.17, 15) is 0 Å². The summed E-state index contributed by atoms with van der Waals surface area (Å²) in [6, 6.07) is 42.1. The molecule has 210 valence electrons. The summed E-state index contributed by atoms with van der Waals surface area (Å²) < 4.78 is 0. The van der Waals surface area contributed by atoms with Gasteiger partial charge < -0.3 is 0 Å². The van der Waals surface area contributed by atoms with Gasteiger partial charge in [-0.3, -0.25) is 9.98 Å². The number of fused-ring (bicyclic) bond motifs is 3. The lowest BCUT2D eigenvalue weighted by molar-refractivity contribution is 0.660. The normalized spacial score (nSPS) is 13.8. The topological polar surface area (TPSA) is 24.7 Å². The van der Waals surface area contributed by atoms with Gasteiger partial charge >= 0.3 is 0 Å². The second-order valence-corrected chi connectivity index (χ2v) is 11.7. The summed E-state index contributed by atoms with van der Waals surface area (Å²) in [4.78, 5) is 9.93. The molecular weight excluding hydrogens is 520 g/mol. The van der Waals surface area contributed by atoms with Gasteiger partial charge in [-0.2, -0.15) is 0 Å². The molecule has 1 aliphatic carbocycles. The van der Waals surface area contributed by atoms with Crippen LogP contribution in [0, 0.1) is 0 Å². The fraction of sp³-hybridized carbons (Fsp3) is 0.122. The van der Waals surface area contributed by atoms with E-state index in [-0.39, 0.29) is 5.41 Å². The van der Waals surface area contributed by atoms with Crippen molar-refractivity contribution in [1.82, 2.24) is 0 Å². The molecule has 0 spiro atoms. The Morgan fingerprint density at radius 3 is 1.88 bits per heavy atom. The summed E-state index contributed by atoms with van der Waals surface area (Å²) >= 11 is 0. The van der Waals surface area contributed by atoms with Gasteiger partial charge in [-0.05, 0) is 76.1 Å². The molecule has 0 saturated heterocycles. The smallest absolute Gasteiger partial charge is 0.0711 e. The van der Waals surface area contributed by atoms with Crippen LogP contribution in [0.15, 0.2) is 144 Å². The number of aliphatic imine (C=N–C) groups is 2. The standard InChI is InChI=1S/C41H36N2/c1-27(34-20-13-14-23-39(34)43-29(3)32-18-11-8-12-19-32)35-21-15-22-37-40(35)36-25-24-33(26-38(36)41(37,5)6)30(4)42-28(2)31-16-9-7-10-17-31/h7-26H,1,4H2,2-3,5-6H3. The molecule has 0 fully saturated rings. The quantitative estimate of drug-likeness (QED) is 0.178. The van der Waals surface area contributed by atoms with E-state index in [1.165, 1.54) is 22.3 Å². The Balaban J connectivity index is 1.40. The second kappa shape index (κ2) is 11.3. The van der Waals surface area contributed by atoms with Crippen molar-refractivity contribution in [1.29, 1.82) is 0 Å². The maximum atomic E-state index is 5.05. The Morgan fingerprint density at radius 1 is 0.581 bits per heavy atom. The van der Waals surface area contributed by atoms with Gasteiger partial charge in [0, 0.05) is 22.4 Å². The molecular formula is C41H36N2. The third kappa shape index (κ3) is 5.21. The van der Waals surface area contributed by atoms with E-state index in [0.29, 0.717) is 0 Å². The predicted molar refractivity (Wildman–Crippen MR) is 185 cm³/mol. The highest BCUT2D eigenvalue weighted by atomic mass is 14.8. The van der Waals surface area contributed by atoms with Crippen LogP contribution in [-0.2, 0) is 5.41 Å². The first-order valence-electron chi connectivity index (χ1n) is 14.7. The van der Waals surface area contributed by atoms with E-state index < -0.39 is 0 Å². The molecule has 0 bridgehead atoms. The summed E-state index contributed by atoms with van der Waals surface area (Å²) in [5, 5.41) is 0. The number of rotatable bonds is 7. The monoisotopic (exact) mass is 556 g/mol. The van der Waals surface area contributed by atoms with Crippen LogP contribution < -0.4 is 0 Å². The van der Waals surface area contributed by atoms with Crippen molar-refractivity contribution in [3.8, 4) is 11.1 Å². The molecule has 43 heavy (non-hydrogen) atoms. The molecule has 1 aliphatic rings. The van der Waals surface area contributed by atoms with Crippen LogP contribution in [0.3, 0.4) is 0 Å². The summed E-state index contributed by atoms with van der Waals surface area (Å²) in [5.74, 6) is 0. The zero-order valence-corrected chi connectivity index (χ0v) is 25.4. The second-order valence-electron chi connectivity index (χ2n) is 11.7. The average Bonchev–Trinajstić information content (AvgIpc) is 3.27. The molecule has 0 amide bonds. The van der Waals surface area contributed by atoms with Gasteiger partial charge in [0.1, 0.15) is 0 Å². The molecule has 0 radical (unpaired) electrons. The van der Waals surface area contributed by atoms with Crippen molar-refractivity contribution in [2.45, 2.75) is 33.1 Å². The number of para-hydroxylation sites is 1. The number of hydrogen-bond acceptors (Lipinski definition) is 2. The lowest BCUT2D eigenvalue weighted by atomic mass is 9.81. The molecule has 0 saturated carbocycles. The lowest BCUT2D eigenvalue weighted by Crippen LogP contribution is -2.15. The molecule has 2 nitrogen and oxygen atoms in total. The summed E-state index contributed by atoms with van der Waals surface area (Å²) in [5.41, 5.74) is 14.9. The van der Waals surface area contributed by atoms with Crippen molar-refractivity contribution in [2.75, 3.05) is 0 Å². The lowest BCUT2D eigenvalue weighted by Gasteiger charge is -2.22. The molecule has 6 rings (SSSR count). The largest absolute Gasteiger partial charge is 0.253 e. The SMILES string of the molecule is C=C(N=C(C)c1ccccc1)c1ccc2c(c1)C(C)(C)c1cccc(C(=C)c3ccccc3N=C(C)c3ccccc3)c1-2. The first-order valence-corrected chi connectivity index (χ1v) is 14.7. The molecule has 5 aromatic rings. The third-order valence-corrected chi connectivity index (χ3v) is 8.56. The number of benzene rings is 5. The van der Waals surface area contributed by atoms with Gasteiger partial charge in [0.2, 0.25) is 0 Å². The molecule has 0 N–H and O–H groups in total. The number of hydrogen-bond donors (Lipinski definition) is 0. The Morgan fingerprint density at radius 2 is 1.19 bits per heavy atom. The zero-order valence-electron chi connectivity index (χ0n) is 25.4. The van der Waals surface area contributed by atoms with Crippen LogP contribution in [0.2, 0.25) is 0 Å². The molecule has 0 atom stereocenters. The molecule has 0 aromatic heterocycles. The van der Waals surface area contributed by atoms with E-state index in [0.717, 1.165) is 56.2 Å². The van der Waals surface area contributed by atoms with Gasteiger partial charge in [0.05, 0.1) is 11.4 Å². The van der Waals surface area contributed by atoms with Crippen molar-refractivity contribution >= 4 is 28.4 Å². The fourth-order valence-corrected chi connectivity index (χ4v) is 6.13. The zero-order chi connectivity index (χ0) is 30.1. The van der Waals surface area contributed by atoms with Gasteiger partial charge in [-0.25, -0.2) is 0 Å². The predicted octanol–water partition coefficient (Wildman–Crippen LogP) is 10.7. The van der Waals surface area contributed by atoms with Crippen molar-refractivity contribution in [2.24, 2.45) is 9.98 Å². The van der Waals surface area contributed by atoms with E-state index in [4.69, 9.17) is 9.98 Å². The van der Waals surface area contributed by atoms with E-state index in [2.05, 4.69) is 113 Å². The van der Waals surface area contributed by atoms with Crippen molar-refractivity contribution in [3.63, 3.8) is 0 Å². The molecule has 0 aliphatic heterocycles. The Kier molecular flexibility index (Phi) is 7.38. The Bertz CT molecular complexity index is 1920. The fourth-order valence-electron chi connectivity index (χ4n) is 6.13. The van der Waals surface area contributed by atoms with E-state index >= 15 is 0 Å². The summed E-state index contributed by atoms with van der Waals surface area (Å²) in [6.07, 6.45) is 0. The van der Waals surface area contributed by atoms with Gasteiger partial charge in [0.25, 0.3) is 0 Å². The van der Waals surface area contributed by atoms with Crippen LogP contribution in [0.4, 0.5) is 5.69 Å². The molecule has 5 aromatic carbocycles. The van der Waals surface area contributed by atoms with Crippen LogP contribution in [0.5, 0.6) is 0 Å². The van der Waals surface area contributed by atoms with Crippen LogP contribution in [-0.4, -0.2) is 11.4 Å². The summed E-state index contributed by atoms with van der Waals surface area (Å²) in [6.45, 7) is 17.7. The maximum absolute atomic E-state index is 5.05. The van der Waals surface area contributed by atoms with E-state index in [1.807, 2.05) is 49.4 Å². The summed E-state index contributed by atoms with van der Waals surface area (Å²) in [7, 11) is 0. The minimum Gasteiger partial charge on any atom is -0.253 e. The Hall–Kier alpha value is -5.08. The number of nitrogens with zero attached hydrogens (tertiary/aromatic N) is 2. The first kappa shape index (κ1) is 28.1. The highest BCUT2D eigenvalue weighted by Gasteiger charge is 2.37. The first-order chi connectivity index (χ1) is 20.8. The molecule has 2 heteroatoms. The highest BCUT2D eigenvalue weighted by molar-refractivity contribution is 6.03. The average molecular weight is 557 g/mol. The van der Waals surface area contributed by atoms with Crippen LogP contribution in [0.1, 0.15) is 66.6 Å². The van der Waals surface area contributed by atoms with Crippen LogP contribution >= 0.6 is 0 Å². The van der Waals surface area contributed by atoms with Gasteiger partial charge in [-0.15, -0.1) is 0 Å². The maximum Gasteiger partial charge on any atom is 0.0711 e. The molecule has 0 heterocycles. The third-order valence-electron chi connectivity index (χ3n) is 8.56. The van der Waals surface area contributed by atoms with Crippen molar-refractivity contribution in [3.05, 3.63) is 173 Å². The van der Waals surface area contributed by atoms with E-state index in [1.54, 1.807) is 0 Å². The Labute approximate surface area is 255 Å².